The number of nitrogens with zero attached hydrogens (tertiary/aromatic N) is 3. The van der Waals surface area contributed by atoms with Crippen LogP contribution in [-0.2, 0) is 34.0 Å². The van der Waals surface area contributed by atoms with Crippen LogP contribution in [0.3, 0.4) is 0 Å². The Bertz CT molecular complexity index is 1310. The van der Waals surface area contributed by atoms with E-state index in [2.05, 4.69) is 29.3 Å². The number of carbonyl (C=O) groups excluding carboxylic acids is 1. The lowest BCUT2D eigenvalue weighted by atomic mass is 9.95. The van der Waals surface area contributed by atoms with Crippen LogP contribution in [0.4, 0.5) is 0 Å². The smallest absolute Gasteiger partial charge is 0.314 e. The molecule has 190 valence electrons. The third kappa shape index (κ3) is 7.30. The predicted molar refractivity (Wildman–Crippen MR) is 143 cm³/mol. The van der Waals surface area contributed by atoms with Crippen LogP contribution in [0.1, 0.15) is 29.2 Å². The number of methoxy groups -OCH3 is 1. The lowest BCUT2D eigenvalue weighted by Crippen LogP contribution is -2.26. The van der Waals surface area contributed by atoms with E-state index in [1.807, 2.05) is 77.6 Å². The molecule has 0 aliphatic rings. The molecule has 4 aromatic rings. The van der Waals surface area contributed by atoms with Gasteiger partial charge >= 0.3 is 5.97 Å². The topological polar surface area (TPSA) is 74.9 Å². The highest BCUT2D eigenvalue weighted by Crippen LogP contribution is 2.19. The van der Waals surface area contributed by atoms with Gasteiger partial charge in [-0.05, 0) is 55.7 Å². The molecule has 1 heterocycles. The van der Waals surface area contributed by atoms with E-state index < -0.39 is 5.92 Å². The molecule has 3 aromatic carbocycles. The standard InChI is InChI=1S/C30H31N3O4/c1-22-9-13-27(14-10-22)33-19-26(18-31-33)20-36-28-15-11-24(12-16-28)17-29(30(34)35-3)23(2)32-37-21-25-7-5-4-6-8-25/h4-16,18-19,29H,17,20-21H2,1-3H3. The van der Waals surface area contributed by atoms with Gasteiger partial charge in [0.2, 0.25) is 0 Å². The second-order valence-electron chi connectivity index (χ2n) is 8.83. The second kappa shape index (κ2) is 12.5. The van der Waals surface area contributed by atoms with Crippen molar-refractivity contribution in [2.45, 2.75) is 33.5 Å². The monoisotopic (exact) mass is 497 g/mol. The fraction of sp³-hybridized carbons (Fsp3) is 0.233. The van der Waals surface area contributed by atoms with Crippen molar-refractivity contribution in [3.63, 3.8) is 0 Å². The second-order valence-corrected chi connectivity index (χ2v) is 8.83. The van der Waals surface area contributed by atoms with Crippen molar-refractivity contribution in [2.24, 2.45) is 11.1 Å². The Labute approximate surface area is 217 Å². The maximum atomic E-state index is 12.4. The minimum Gasteiger partial charge on any atom is -0.489 e. The van der Waals surface area contributed by atoms with Crippen LogP contribution in [0.15, 0.2) is 96.4 Å². The molecule has 0 saturated carbocycles. The summed E-state index contributed by atoms with van der Waals surface area (Å²) < 4.78 is 12.8. The molecule has 4 rings (SSSR count). The van der Waals surface area contributed by atoms with E-state index in [1.165, 1.54) is 12.7 Å². The largest absolute Gasteiger partial charge is 0.489 e. The molecule has 0 N–H and O–H groups in total. The highest BCUT2D eigenvalue weighted by atomic mass is 16.6. The summed E-state index contributed by atoms with van der Waals surface area (Å²) in [5.41, 5.74) is 5.72. The van der Waals surface area contributed by atoms with E-state index in [9.17, 15) is 4.79 Å². The zero-order valence-corrected chi connectivity index (χ0v) is 21.3. The first kappa shape index (κ1) is 25.7. The van der Waals surface area contributed by atoms with Crippen molar-refractivity contribution < 1.29 is 19.1 Å². The molecule has 0 aliphatic heterocycles. The quantitative estimate of drug-likeness (QED) is 0.151. The van der Waals surface area contributed by atoms with Crippen LogP contribution < -0.4 is 4.74 Å². The van der Waals surface area contributed by atoms with Crippen molar-refractivity contribution in [1.29, 1.82) is 0 Å². The third-order valence-electron chi connectivity index (χ3n) is 5.98. The van der Waals surface area contributed by atoms with Crippen LogP contribution in [0.5, 0.6) is 5.75 Å². The highest BCUT2D eigenvalue weighted by molar-refractivity contribution is 6.00. The van der Waals surface area contributed by atoms with E-state index in [4.69, 9.17) is 14.3 Å². The minimum absolute atomic E-state index is 0.335. The van der Waals surface area contributed by atoms with Crippen LogP contribution in [-0.4, -0.2) is 28.6 Å². The molecule has 37 heavy (non-hydrogen) atoms. The van der Waals surface area contributed by atoms with Crippen molar-refractivity contribution in [2.75, 3.05) is 7.11 Å². The van der Waals surface area contributed by atoms with Gasteiger partial charge in [-0.3, -0.25) is 4.79 Å². The Kier molecular flexibility index (Phi) is 8.70. The number of esters is 1. The van der Waals surface area contributed by atoms with E-state index in [-0.39, 0.29) is 5.97 Å². The lowest BCUT2D eigenvalue weighted by molar-refractivity contribution is -0.143. The first-order chi connectivity index (χ1) is 18.0. The van der Waals surface area contributed by atoms with Gasteiger partial charge in [-0.25, -0.2) is 4.68 Å². The summed E-state index contributed by atoms with van der Waals surface area (Å²) in [5, 5.41) is 8.60. The Morgan fingerprint density at radius 1 is 0.919 bits per heavy atom. The van der Waals surface area contributed by atoms with Gasteiger partial charge < -0.3 is 14.3 Å². The molecule has 1 aromatic heterocycles. The number of benzene rings is 3. The zero-order chi connectivity index (χ0) is 26.0. The van der Waals surface area contributed by atoms with Gasteiger partial charge in [0.15, 0.2) is 0 Å². The minimum atomic E-state index is -0.542. The Morgan fingerprint density at radius 3 is 2.35 bits per heavy atom. The number of hydrogen-bond acceptors (Lipinski definition) is 6. The van der Waals surface area contributed by atoms with Crippen molar-refractivity contribution in [1.82, 2.24) is 9.78 Å². The predicted octanol–water partition coefficient (Wildman–Crippen LogP) is 5.68. The number of rotatable bonds is 11. The molecule has 0 bridgehead atoms. The first-order valence-electron chi connectivity index (χ1n) is 12.1. The number of carbonyl (C=O) groups is 1. The molecule has 1 atom stereocenters. The molecule has 0 amide bonds. The van der Waals surface area contributed by atoms with Crippen molar-refractivity contribution in [3.05, 3.63) is 114 Å². The molecule has 0 aliphatic carbocycles. The molecular formula is C30H31N3O4. The van der Waals surface area contributed by atoms with Crippen LogP contribution in [0, 0.1) is 12.8 Å². The summed E-state index contributed by atoms with van der Waals surface area (Å²) in [7, 11) is 1.38. The SMILES string of the molecule is COC(=O)C(Cc1ccc(OCc2cnn(-c3ccc(C)cc3)c2)cc1)C(C)=NOCc1ccccc1. The van der Waals surface area contributed by atoms with Crippen molar-refractivity contribution >= 4 is 11.7 Å². The average Bonchev–Trinajstić information content (AvgIpc) is 3.41. The number of oxime groups is 1. The molecule has 7 nitrogen and oxygen atoms in total. The van der Waals surface area contributed by atoms with Gasteiger partial charge in [0.05, 0.1) is 24.7 Å². The van der Waals surface area contributed by atoms with Gasteiger partial charge in [0, 0.05) is 11.8 Å². The summed E-state index contributed by atoms with van der Waals surface area (Å²) >= 11 is 0. The molecule has 7 heteroatoms. The van der Waals surface area contributed by atoms with E-state index in [0.717, 1.165) is 28.1 Å². The zero-order valence-electron chi connectivity index (χ0n) is 21.3. The van der Waals surface area contributed by atoms with E-state index in [1.54, 1.807) is 13.1 Å². The Morgan fingerprint density at radius 2 is 1.65 bits per heavy atom. The van der Waals surface area contributed by atoms with Gasteiger partial charge in [-0.1, -0.05) is 65.3 Å². The van der Waals surface area contributed by atoms with Crippen LogP contribution in [0.2, 0.25) is 0 Å². The summed E-state index contributed by atoms with van der Waals surface area (Å²) in [5.74, 6) is -0.159. The molecule has 1 unspecified atom stereocenters. The normalized spacial score (nSPS) is 12.1. The van der Waals surface area contributed by atoms with Gasteiger partial charge in [0.1, 0.15) is 24.9 Å². The van der Waals surface area contributed by atoms with E-state index >= 15 is 0 Å². The fourth-order valence-electron chi connectivity index (χ4n) is 3.79. The molecule has 0 saturated heterocycles. The molecule has 0 radical (unpaired) electrons. The lowest BCUT2D eigenvalue weighted by Gasteiger charge is -2.15. The fourth-order valence-corrected chi connectivity index (χ4v) is 3.79. The van der Waals surface area contributed by atoms with Gasteiger partial charge in [-0.15, -0.1) is 0 Å². The maximum absolute atomic E-state index is 12.4. The third-order valence-corrected chi connectivity index (χ3v) is 5.98. The molecular weight excluding hydrogens is 466 g/mol. The highest BCUT2D eigenvalue weighted by Gasteiger charge is 2.23. The Hall–Kier alpha value is -4.39. The summed E-state index contributed by atoms with van der Waals surface area (Å²) in [4.78, 5) is 17.9. The number of ether oxygens (including phenoxy) is 2. The summed E-state index contributed by atoms with van der Waals surface area (Å²) in [6.45, 7) is 4.58. The number of aromatic nitrogens is 2. The number of aryl methyl sites for hydroxylation is 1. The van der Waals surface area contributed by atoms with Crippen LogP contribution >= 0.6 is 0 Å². The molecule has 0 spiro atoms. The average molecular weight is 498 g/mol. The van der Waals surface area contributed by atoms with Crippen molar-refractivity contribution in [3.8, 4) is 11.4 Å². The number of hydrogen-bond donors (Lipinski definition) is 0. The molecule has 0 fully saturated rings. The maximum Gasteiger partial charge on any atom is 0.314 e. The van der Waals surface area contributed by atoms with Gasteiger partial charge in [-0.2, -0.15) is 5.10 Å². The Balaban J connectivity index is 1.33. The summed E-state index contributed by atoms with van der Waals surface area (Å²) in [6, 6.07) is 25.6. The van der Waals surface area contributed by atoms with Gasteiger partial charge in [0.25, 0.3) is 0 Å². The van der Waals surface area contributed by atoms with E-state index in [0.29, 0.717) is 25.3 Å². The summed E-state index contributed by atoms with van der Waals surface area (Å²) in [6.07, 6.45) is 4.21. The van der Waals surface area contributed by atoms with Crippen LogP contribution in [0.25, 0.3) is 5.69 Å². The first-order valence-corrected chi connectivity index (χ1v) is 12.1.